The maximum Gasteiger partial charge on any atom is 0.0841 e. The van der Waals surface area contributed by atoms with Crippen molar-refractivity contribution >= 4 is 0 Å². The van der Waals surface area contributed by atoms with Crippen molar-refractivity contribution in [2.45, 2.75) is 19.1 Å². The van der Waals surface area contributed by atoms with Crippen molar-refractivity contribution < 1.29 is 14.6 Å². The standard InChI is InChI=1S/C13H18O3/c1-15-8-10-3-2-4-11(7-10)13(14)12-5-6-16-9-12/h2-4,7,12-14H,5-6,8-9H2,1H3. The Morgan fingerprint density at radius 1 is 1.56 bits per heavy atom. The van der Waals surface area contributed by atoms with Crippen LogP contribution < -0.4 is 0 Å². The third-order valence-electron chi connectivity index (χ3n) is 3.01. The van der Waals surface area contributed by atoms with Crippen molar-refractivity contribution in [3.63, 3.8) is 0 Å². The fourth-order valence-electron chi connectivity index (χ4n) is 2.11. The normalized spacial score (nSPS) is 22.2. The highest BCUT2D eigenvalue weighted by Crippen LogP contribution is 2.28. The zero-order valence-electron chi connectivity index (χ0n) is 9.56. The SMILES string of the molecule is COCc1cccc(C(O)C2CCOC2)c1. The van der Waals surface area contributed by atoms with Crippen molar-refractivity contribution in [3.05, 3.63) is 35.4 Å². The molecule has 2 atom stereocenters. The Balaban J connectivity index is 2.09. The molecular weight excluding hydrogens is 204 g/mol. The Bertz CT molecular complexity index is 332. The number of hydrogen-bond donors (Lipinski definition) is 1. The number of aliphatic hydroxyl groups excluding tert-OH is 1. The zero-order valence-corrected chi connectivity index (χ0v) is 9.56. The molecule has 1 saturated heterocycles. The molecule has 1 aliphatic heterocycles. The van der Waals surface area contributed by atoms with E-state index in [1.807, 2.05) is 24.3 Å². The van der Waals surface area contributed by atoms with Gasteiger partial charge in [-0.25, -0.2) is 0 Å². The van der Waals surface area contributed by atoms with Gasteiger partial charge in [0.15, 0.2) is 0 Å². The molecule has 2 unspecified atom stereocenters. The van der Waals surface area contributed by atoms with Gasteiger partial charge < -0.3 is 14.6 Å². The van der Waals surface area contributed by atoms with Gasteiger partial charge in [0.25, 0.3) is 0 Å². The molecule has 2 rings (SSSR count). The molecule has 0 saturated carbocycles. The van der Waals surface area contributed by atoms with Gasteiger partial charge in [-0.05, 0) is 17.5 Å². The first-order chi connectivity index (χ1) is 7.81. The van der Waals surface area contributed by atoms with E-state index in [1.54, 1.807) is 7.11 Å². The van der Waals surface area contributed by atoms with E-state index in [0.29, 0.717) is 13.2 Å². The third-order valence-corrected chi connectivity index (χ3v) is 3.01. The summed E-state index contributed by atoms with van der Waals surface area (Å²) in [6.07, 6.45) is 0.523. The summed E-state index contributed by atoms with van der Waals surface area (Å²) in [4.78, 5) is 0. The highest BCUT2D eigenvalue weighted by atomic mass is 16.5. The minimum absolute atomic E-state index is 0.234. The molecular formula is C13H18O3. The zero-order chi connectivity index (χ0) is 11.4. The molecule has 0 aromatic heterocycles. The van der Waals surface area contributed by atoms with Crippen molar-refractivity contribution in [2.75, 3.05) is 20.3 Å². The van der Waals surface area contributed by atoms with E-state index in [9.17, 15) is 5.11 Å². The van der Waals surface area contributed by atoms with Crippen molar-refractivity contribution in [1.82, 2.24) is 0 Å². The van der Waals surface area contributed by atoms with Crippen LogP contribution in [-0.2, 0) is 16.1 Å². The summed E-state index contributed by atoms with van der Waals surface area (Å²) in [5.41, 5.74) is 2.06. The number of ether oxygens (including phenoxy) is 2. The van der Waals surface area contributed by atoms with Gasteiger partial charge in [0.1, 0.15) is 0 Å². The summed E-state index contributed by atoms with van der Waals surface area (Å²) >= 11 is 0. The number of aliphatic hydroxyl groups is 1. The van der Waals surface area contributed by atoms with Crippen LogP contribution in [-0.4, -0.2) is 25.4 Å². The van der Waals surface area contributed by atoms with Gasteiger partial charge in [0.05, 0.1) is 19.3 Å². The molecule has 3 heteroatoms. The van der Waals surface area contributed by atoms with Gasteiger partial charge in [0.2, 0.25) is 0 Å². The summed E-state index contributed by atoms with van der Waals surface area (Å²) in [6, 6.07) is 7.93. The molecule has 1 aromatic carbocycles. The van der Waals surface area contributed by atoms with Crippen LogP contribution in [0.1, 0.15) is 23.7 Å². The third kappa shape index (κ3) is 2.61. The highest BCUT2D eigenvalue weighted by molar-refractivity contribution is 5.25. The lowest BCUT2D eigenvalue weighted by molar-refractivity contribution is 0.0915. The van der Waals surface area contributed by atoms with Crippen LogP contribution in [0.3, 0.4) is 0 Å². The second-order valence-corrected chi connectivity index (χ2v) is 4.25. The fourth-order valence-corrected chi connectivity index (χ4v) is 2.11. The van der Waals surface area contributed by atoms with E-state index in [1.165, 1.54) is 0 Å². The molecule has 16 heavy (non-hydrogen) atoms. The lowest BCUT2D eigenvalue weighted by Crippen LogP contribution is -2.12. The lowest BCUT2D eigenvalue weighted by Gasteiger charge is -2.17. The van der Waals surface area contributed by atoms with Gasteiger partial charge in [0, 0.05) is 19.6 Å². The van der Waals surface area contributed by atoms with Gasteiger partial charge in [-0.2, -0.15) is 0 Å². The maximum absolute atomic E-state index is 10.2. The van der Waals surface area contributed by atoms with Crippen molar-refractivity contribution in [1.29, 1.82) is 0 Å². The molecule has 1 N–H and O–H groups in total. The average molecular weight is 222 g/mol. The van der Waals surface area contributed by atoms with Gasteiger partial charge in [-0.3, -0.25) is 0 Å². The summed E-state index contributed by atoms with van der Waals surface area (Å²) < 4.78 is 10.4. The Labute approximate surface area is 96.0 Å². The topological polar surface area (TPSA) is 38.7 Å². The summed E-state index contributed by atoms with van der Waals surface area (Å²) in [5, 5.41) is 10.2. The van der Waals surface area contributed by atoms with Crippen LogP contribution in [0.15, 0.2) is 24.3 Å². The van der Waals surface area contributed by atoms with Crippen molar-refractivity contribution in [3.8, 4) is 0 Å². The van der Waals surface area contributed by atoms with Crippen LogP contribution in [0.4, 0.5) is 0 Å². The van der Waals surface area contributed by atoms with E-state index in [4.69, 9.17) is 9.47 Å². The fraction of sp³-hybridized carbons (Fsp3) is 0.538. The molecule has 88 valence electrons. The number of rotatable bonds is 4. The number of methoxy groups -OCH3 is 1. The molecule has 1 aromatic rings. The van der Waals surface area contributed by atoms with Crippen LogP contribution in [0.5, 0.6) is 0 Å². The van der Waals surface area contributed by atoms with E-state index < -0.39 is 6.10 Å². The minimum atomic E-state index is -0.417. The van der Waals surface area contributed by atoms with E-state index in [0.717, 1.165) is 24.2 Å². The first kappa shape index (κ1) is 11.6. The first-order valence-corrected chi connectivity index (χ1v) is 5.65. The average Bonchev–Trinajstić information content (AvgIpc) is 2.82. The largest absolute Gasteiger partial charge is 0.388 e. The predicted molar refractivity (Wildman–Crippen MR) is 61.0 cm³/mol. The van der Waals surface area contributed by atoms with Crippen LogP contribution in [0, 0.1) is 5.92 Å². The predicted octanol–water partition coefficient (Wildman–Crippen LogP) is 1.90. The number of hydrogen-bond acceptors (Lipinski definition) is 3. The molecule has 3 nitrogen and oxygen atoms in total. The second kappa shape index (κ2) is 5.43. The molecule has 0 amide bonds. The Morgan fingerprint density at radius 3 is 3.12 bits per heavy atom. The molecule has 0 bridgehead atoms. The van der Waals surface area contributed by atoms with Gasteiger partial charge >= 0.3 is 0 Å². The molecule has 0 aliphatic carbocycles. The smallest absolute Gasteiger partial charge is 0.0841 e. The monoisotopic (exact) mass is 222 g/mol. The van der Waals surface area contributed by atoms with Gasteiger partial charge in [-0.1, -0.05) is 24.3 Å². The first-order valence-electron chi connectivity index (χ1n) is 5.65. The molecule has 0 spiro atoms. The van der Waals surface area contributed by atoms with Crippen LogP contribution >= 0.6 is 0 Å². The quantitative estimate of drug-likeness (QED) is 0.845. The Kier molecular flexibility index (Phi) is 3.93. The summed E-state index contributed by atoms with van der Waals surface area (Å²) in [5.74, 6) is 0.234. The number of benzene rings is 1. The minimum Gasteiger partial charge on any atom is -0.388 e. The van der Waals surface area contributed by atoms with E-state index in [-0.39, 0.29) is 5.92 Å². The maximum atomic E-state index is 10.2. The summed E-state index contributed by atoms with van der Waals surface area (Å²) in [6.45, 7) is 2.01. The molecule has 1 fully saturated rings. The Hall–Kier alpha value is -0.900. The molecule has 0 radical (unpaired) electrons. The van der Waals surface area contributed by atoms with Crippen LogP contribution in [0.2, 0.25) is 0 Å². The lowest BCUT2D eigenvalue weighted by atomic mass is 9.94. The Morgan fingerprint density at radius 2 is 2.44 bits per heavy atom. The van der Waals surface area contributed by atoms with E-state index >= 15 is 0 Å². The van der Waals surface area contributed by atoms with Crippen LogP contribution in [0.25, 0.3) is 0 Å². The molecule has 1 aliphatic rings. The van der Waals surface area contributed by atoms with Gasteiger partial charge in [-0.15, -0.1) is 0 Å². The van der Waals surface area contributed by atoms with Crippen molar-refractivity contribution in [2.24, 2.45) is 5.92 Å². The highest BCUT2D eigenvalue weighted by Gasteiger charge is 2.25. The molecule has 1 heterocycles. The second-order valence-electron chi connectivity index (χ2n) is 4.25. The van der Waals surface area contributed by atoms with E-state index in [2.05, 4.69) is 0 Å². The summed E-state index contributed by atoms with van der Waals surface area (Å²) in [7, 11) is 1.67.